The van der Waals surface area contributed by atoms with E-state index < -0.39 is 45.0 Å². The van der Waals surface area contributed by atoms with Crippen LogP contribution in [0.4, 0.5) is 26.3 Å². The summed E-state index contributed by atoms with van der Waals surface area (Å²) >= 11 is 17.6. The van der Waals surface area contributed by atoms with E-state index >= 15 is 0 Å². The molecule has 2 rings (SSSR count). The lowest BCUT2D eigenvalue weighted by molar-refractivity contribution is -0.139. The van der Waals surface area contributed by atoms with Gasteiger partial charge >= 0.3 is 12.4 Å². The zero-order chi connectivity index (χ0) is 22.0. The molecular weight excluding hydrogens is 581 g/mol. The smallest absolute Gasteiger partial charge is 0.420 e. The Labute approximate surface area is 187 Å². The maximum absolute atomic E-state index is 13.3. The second kappa shape index (κ2) is 9.36. The molecule has 0 aromatic heterocycles. The minimum atomic E-state index is -4.78. The van der Waals surface area contributed by atoms with Crippen molar-refractivity contribution < 1.29 is 35.8 Å². The molecule has 2 nitrogen and oxygen atoms in total. The van der Waals surface area contributed by atoms with E-state index in [0.717, 1.165) is 12.1 Å². The second-order valence-corrected chi connectivity index (χ2v) is 8.92. The molecule has 0 N–H and O–H groups in total. The Morgan fingerprint density at radius 3 is 2.00 bits per heavy atom. The molecule has 0 fully saturated rings. The van der Waals surface area contributed by atoms with Crippen LogP contribution in [-0.2, 0) is 12.4 Å². The van der Waals surface area contributed by atoms with Crippen molar-refractivity contribution in [1.82, 2.24) is 0 Å². The Morgan fingerprint density at radius 1 is 0.931 bits per heavy atom. The molecule has 0 saturated heterocycles. The number of rotatable bonds is 5. The lowest BCUT2D eigenvalue weighted by Gasteiger charge is -2.16. The Kier molecular flexibility index (Phi) is 7.80. The van der Waals surface area contributed by atoms with Gasteiger partial charge in [0.2, 0.25) is 0 Å². The van der Waals surface area contributed by atoms with Crippen molar-refractivity contribution in [3.05, 3.63) is 61.0 Å². The molecule has 12 heteroatoms. The zero-order valence-corrected chi connectivity index (χ0v) is 18.5. The van der Waals surface area contributed by atoms with Gasteiger partial charge in [0.25, 0.3) is 0 Å². The highest BCUT2D eigenvalue weighted by atomic mass is 79.9. The van der Waals surface area contributed by atoms with E-state index in [9.17, 15) is 26.3 Å². The first-order valence-electron chi connectivity index (χ1n) is 7.38. The quantitative estimate of drug-likeness (QED) is 0.325. The van der Waals surface area contributed by atoms with Gasteiger partial charge in [0.1, 0.15) is 23.7 Å². The van der Waals surface area contributed by atoms with E-state index in [1.807, 2.05) is 0 Å². The highest BCUT2D eigenvalue weighted by Crippen LogP contribution is 2.44. The third-order valence-electron chi connectivity index (χ3n) is 3.28. The maximum atomic E-state index is 13.3. The molecule has 0 amide bonds. The fourth-order valence-electron chi connectivity index (χ4n) is 2.05. The molecule has 0 spiro atoms. The van der Waals surface area contributed by atoms with E-state index in [1.165, 1.54) is 6.08 Å². The van der Waals surface area contributed by atoms with Gasteiger partial charge in [-0.05, 0) is 68.3 Å². The average Bonchev–Trinajstić information content (AvgIpc) is 2.56. The zero-order valence-electron chi connectivity index (χ0n) is 13.8. The van der Waals surface area contributed by atoms with E-state index in [1.54, 1.807) is 0 Å². The van der Waals surface area contributed by atoms with Crippen molar-refractivity contribution in [2.24, 2.45) is 0 Å². The number of hydrogen-bond acceptors (Lipinski definition) is 2. The molecule has 0 aliphatic rings. The summed E-state index contributed by atoms with van der Waals surface area (Å²) in [5.74, 6) is -1.22. The SMILES string of the molecule is FC(F)(F)c1cc(Cl)c(Oc2ccc(OCC=C(Br)Br)c(C(F)(F)F)c2)c(Cl)c1. The molecule has 0 bridgehead atoms. The first-order valence-corrected chi connectivity index (χ1v) is 9.72. The van der Waals surface area contributed by atoms with E-state index in [2.05, 4.69) is 31.9 Å². The van der Waals surface area contributed by atoms with Crippen molar-refractivity contribution in [2.45, 2.75) is 12.4 Å². The van der Waals surface area contributed by atoms with Crippen molar-refractivity contribution in [3.8, 4) is 17.2 Å². The van der Waals surface area contributed by atoms with Crippen LogP contribution in [0.25, 0.3) is 0 Å². The molecule has 0 aliphatic heterocycles. The largest absolute Gasteiger partial charge is 0.489 e. The lowest BCUT2D eigenvalue weighted by atomic mass is 10.1. The fraction of sp³-hybridized carbons (Fsp3) is 0.176. The van der Waals surface area contributed by atoms with Crippen LogP contribution in [-0.4, -0.2) is 6.61 Å². The Hall–Kier alpha value is -1.10. The van der Waals surface area contributed by atoms with Gasteiger partial charge in [-0.25, -0.2) is 0 Å². The Bertz CT molecular complexity index is 902. The molecule has 0 saturated carbocycles. The van der Waals surface area contributed by atoms with E-state index in [4.69, 9.17) is 32.7 Å². The average molecular weight is 589 g/mol. The van der Waals surface area contributed by atoms with Gasteiger partial charge < -0.3 is 9.47 Å². The predicted octanol–water partition coefficient (Wildman–Crippen LogP) is 8.83. The summed E-state index contributed by atoms with van der Waals surface area (Å²) in [7, 11) is 0. The summed E-state index contributed by atoms with van der Waals surface area (Å²) in [6.45, 7) is -0.161. The standard InChI is InChI=1S/C17H8Br2Cl2F6O2/c18-14(19)3-4-28-13-2-1-9(7-10(13)17(25,26)27)29-15-11(20)5-8(6-12(15)21)16(22,23)24/h1-3,5-7H,4H2. The molecule has 0 atom stereocenters. The van der Waals surface area contributed by atoms with Gasteiger partial charge in [0.05, 0.1) is 19.0 Å². The normalized spacial score (nSPS) is 11.9. The molecule has 29 heavy (non-hydrogen) atoms. The fourth-order valence-corrected chi connectivity index (χ4v) is 2.88. The van der Waals surface area contributed by atoms with Gasteiger partial charge in [-0.15, -0.1) is 0 Å². The van der Waals surface area contributed by atoms with Crippen LogP contribution >= 0.6 is 55.1 Å². The van der Waals surface area contributed by atoms with Crippen molar-refractivity contribution in [3.63, 3.8) is 0 Å². The molecule has 0 heterocycles. The third-order valence-corrected chi connectivity index (χ3v) is 4.49. The summed E-state index contributed by atoms with van der Waals surface area (Å²) in [6.07, 6.45) is -8.04. The third kappa shape index (κ3) is 6.70. The van der Waals surface area contributed by atoms with Crippen LogP contribution in [0, 0.1) is 0 Å². The minimum Gasteiger partial charge on any atom is -0.489 e. The van der Waals surface area contributed by atoms with Crippen LogP contribution in [0.2, 0.25) is 10.0 Å². The van der Waals surface area contributed by atoms with E-state index in [-0.39, 0.29) is 12.4 Å². The molecule has 2 aromatic carbocycles. The highest BCUT2D eigenvalue weighted by Gasteiger charge is 2.35. The molecule has 2 aromatic rings. The minimum absolute atomic E-state index is 0.161. The maximum Gasteiger partial charge on any atom is 0.420 e. The van der Waals surface area contributed by atoms with Crippen LogP contribution in [0.5, 0.6) is 17.2 Å². The van der Waals surface area contributed by atoms with Gasteiger partial charge in [-0.2, -0.15) is 26.3 Å². The van der Waals surface area contributed by atoms with Crippen molar-refractivity contribution in [1.29, 1.82) is 0 Å². The summed E-state index contributed by atoms with van der Waals surface area (Å²) in [5, 5.41) is -1.02. The first kappa shape index (κ1) is 24.2. The lowest BCUT2D eigenvalue weighted by Crippen LogP contribution is -2.09. The summed E-state index contributed by atoms with van der Waals surface area (Å²) < 4.78 is 89.2. The number of alkyl halides is 6. The first-order chi connectivity index (χ1) is 13.3. The Balaban J connectivity index is 2.38. The molecule has 0 unspecified atom stereocenters. The number of benzene rings is 2. The monoisotopic (exact) mass is 586 g/mol. The van der Waals surface area contributed by atoms with Gasteiger partial charge in [0.15, 0.2) is 5.75 Å². The van der Waals surface area contributed by atoms with Gasteiger partial charge in [0, 0.05) is 0 Å². The van der Waals surface area contributed by atoms with Gasteiger partial charge in [-0.3, -0.25) is 0 Å². The van der Waals surface area contributed by atoms with Crippen LogP contribution in [0.1, 0.15) is 11.1 Å². The number of hydrogen-bond donors (Lipinski definition) is 0. The van der Waals surface area contributed by atoms with Crippen LogP contribution in [0.15, 0.2) is 39.8 Å². The van der Waals surface area contributed by atoms with Crippen LogP contribution < -0.4 is 9.47 Å². The van der Waals surface area contributed by atoms with Crippen LogP contribution in [0.3, 0.4) is 0 Å². The summed E-state index contributed by atoms with van der Waals surface area (Å²) in [5.41, 5.74) is -2.26. The number of halogens is 10. The predicted molar refractivity (Wildman–Crippen MR) is 104 cm³/mol. The van der Waals surface area contributed by atoms with Crippen molar-refractivity contribution >= 4 is 55.1 Å². The van der Waals surface area contributed by atoms with E-state index in [0.29, 0.717) is 21.6 Å². The summed E-state index contributed by atoms with van der Waals surface area (Å²) in [6, 6.07) is 3.92. The Morgan fingerprint density at radius 2 is 1.52 bits per heavy atom. The molecular formula is C17H8Br2Cl2F6O2. The topological polar surface area (TPSA) is 18.5 Å². The molecule has 0 radical (unpaired) electrons. The molecule has 158 valence electrons. The molecule has 0 aliphatic carbocycles. The summed E-state index contributed by atoms with van der Waals surface area (Å²) in [4.78, 5) is 0. The second-order valence-electron chi connectivity index (χ2n) is 5.33. The highest BCUT2D eigenvalue weighted by molar-refractivity contribution is 9.28. The van der Waals surface area contributed by atoms with Crippen molar-refractivity contribution in [2.75, 3.05) is 6.61 Å². The van der Waals surface area contributed by atoms with Gasteiger partial charge in [-0.1, -0.05) is 23.2 Å². The number of ether oxygens (including phenoxy) is 2.